The summed E-state index contributed by atoms with van der Waals surface area (Å²) in [5.41, 5.74) is -0.121. The first-order valence-corrected chi connectivity index (χ1v) is 6.16. The highest BCUT2D eigenvalue weighted by molar-refractivity contribution is 6.14. The van der Waals surface area contributed by atoms with Gasteiger partial charge in [-0.15, -0.1) is 0 Å². The summed E-state index contributed by atoms with van der Waals surface area (Å²) < 4.78 is 18.9. The Hall–Kier alpha value is -2.89. The minimum Gasteiger partial charge on any atom is -0.503 e. The van der Waals surface area contributed by atoms with E-state index in [1.165, 1.54) is 36.6 Å². The second-order valence-corrected chi connectivity index (χ2v) is 4.50. The number of furan rings is 1. The summed E-state index contributed by atoms with van der Waals surface area (Å²) in [5.74, 6) is -2.82. The Morgan fingerprint density at radius 3 is 2.67 bits per heavy atom. The third kappa shape index (κ3) is 2.10. The van der Waals surface area contributed by atoms with E-state index in [-0.39, 0.29) is 16.9 Å². The maximum atomic E-state index is 13.9. The van der Waals surface area contributed by atoms with Gasteiger partial charge in [0.1, 0.15) is 5.82 Å². The van der Waals surface area contributed by atoms with Gasteiger partial charge in [0.05, 0.1) is 17.9 Å². The smallest absolute Gasteiger partial charge is 0.287 e. The van der Waals surface area contributed by atoms with Gasteiger partial charge in [0.25, 0.3) is 5.91 Å². The predicted molar refractivity (Wildman–Crippen MR) is 70.0 cm³/mol. The summed E-state index contributed by atoms with van der Waals surface area (Å²) in [6.45, 7) is 0. The lowest BCUT2D eigenvalue weighted by molar-refractivity contribution is -0.119. The van der Waals surface area contributed by atoms with Gasteiger partial charge < -0.3 is 14.8 Å². The van der Waals surface area contributed by atoms with E-state index in [9.17, 15) is 19.1 Å². The molecular weight excluding hydrogens is 277 g/mol. The van der Waals surface area contributed by atoms with Crippen molar-refractivity contribution >= 4 is 11.7 Å². The molecule has 0 bridgehead atoms. The van der Waals surface area contributed by atoms with Crippen LogP contribution in [0.25, 0.3) is 0 Å². The zero-order valence-corrected chi connectivity index (χ0v) is 10.7. The van der Waals surface area contributed by atoms with Gasteiger partial charge in [-0.3, -0.25) is 9.59 Å². The fourth-order valence-corrected chi connectivity index (χ4v) is 2.25. The van der Waals surface area contributed by atoms with Gasteiger partial charge in [-0.2, -0.15) is 0 Å². The third-order valence-corrected chi connectivity index (χ3v) is 3.24. The molecule has 1 atom stereocenters. The fraction of sp³-hybridized carbons (Fsp3) is 0.0667. The molecule has 0 saturated carbocycles. The largest absolute Gasteiger partial charge is 0.503 e. The molecule has 2 N–H and O–H groups in total. The molecule has 3 rings (SSSR count). The molecule has 0 saturated heterocycles. The van der Waals surface area contributed by atoms with Crippen molar-refractivity contribution in [3.63, 3.8) is 0 Å². The van der Waals surface area contributed by atoms with Crippen LogP contribution in [-0.2, 0) is 4.79 Å². The fourth-order valence-electron chi connectivity index (χ4n) is 2.25. The quantitative estimate of drug-likeness (QED) is 0.849. The van der Waals surface area contributed by atoms with Crippen molar-refractivity contribution in [2.75, 3.05) is 0 Å². The topological polar surface area (TPSA) is 79.5 Å². The molecule has 0 aliphatic carbocycles. The zero-order valence-electron chi connectivity index (χ0n) is 10.7. The van der Waals surface area contributed by atoms with Crippen molar-refractivity contribution in [2.45, 2.75) is 6.04 Å². The van der Waals surface area contributed by atoms with Crippen LogP contribution in [0.4, 0.5) is 4.39 Å². The van der Waals surface area contributed by atoms with E-state index in [0.717, 1.165) is 0 Å². The standard InChI is InChI=1S/C15H10FNO4/c16-9-5-2-1-4-8(9)12-11(14(19)15(20)17-12)13(18)10-6-3-7-21-10/h1-7,12,19H,(H,17,20)/t12-/m1/s1. The van der Waals surface area contributed by atoms with Crippen LogP contribution in [0, 0.1) is 5.82 Å². The number of amides is 1. The molecule has 1 aliphatic heterocycles. The van der Waals surface area contributed by atoms with Gasteiger partial charge in [-0.05, 0) is 18.2 Å². The van der Waals surface area contributed by atoms with Gasteiger partial charge >= 0.3 is 0 Å². The van der Waals surface area contributed by atoms with Crippen molar-refractivity contribution in [1.29, 1.82) is 0 Å². The number of halogens is 1. The lowest BCUT2D eigenvalue weighted by Crippen LogP contribution is -2.24. The second kappa shape index (κ2) is 4.90. The van der Waals surface area contributed by atoms with Crippen LogP contribution >= 0.6 is 0 Å². The van der Waals surface area contributed by atoms with Crippen LogP contribution < -0.4 is 5.32 Å². The van der Waals surface area contributed by atoms with E-state index < -0.39 is 29.3 Å². The molecule has 1 amide bonds. The number of Topliss-reactive ketones (excluding diaryl/α,β-unsaturated/α-hetero) is 1. The van der Waals surface area contributed by atoms with Crippen molar-refractivity contribution < 1.29 is 23.5 Å². The highest BCUT2D eigenvalue weighted by atomic mass is 19.1. The van der Waals surface area contributed by atoms with Crippen LogP contribution in [0.3, 0.4) is 0 Å². The summed E-state index contributed by atoms with van der Waals surface area (Å²) in [4.78, 5) is 24.0. The number of benzene rings is 1. The summed E-state index contributed by atoms with van der Waals surface area (Å²) in [7, 11) is 0. The monoisotopic (exact) mass is 287 g/mol. The van der Waals surface area contributed by atoms with Gasteiger partial charge in [0.15, 0.2) is 11.5 Å². The molecule has 0 fully saturated rings. The lowest BCUT2D eigenvalue weighted by atomic mass is 9.95. The van der Waals surface area contributed by atoms with Crippen LogP contribution in [0.2, 0.25) is 0 Å². The first-order valence-electron chi connectivity index (χ1n) is 6.16. The molecule has 1 aliphatic rings. The molecule has 106 valence electrons. The average Bonchev–Trinajstić information content (AvgIpc) is 3.09. The molecular formula is C15H10FNO4. The number of ketones is 1. The summed E-state index contributed by atoms with van der Waals surface area (Å²) >= 11 is 0. The second-order valence-electron chi connectivity index (χ2n) is 4.50. The summed E-state index contributed by atoms with van der Waals surface area (Å²) in [5, 5.41) is 12.2. The SMILES string of the molecule is O=C1N[C@H](c2ccccc2F)C(C(=O)c2ccco2)=C1O. The number of aliphatic hydroxyl groups excluding tert-OH is 1. The van der Waals surface area contributed by atoms with E-state index in [0.29, 0.717) is 0 Å². The summed E-state index contributed by atoms with van der Waals surface area (Å²) in [6, 6.07) is 7.59. The minimum atomic E-state index is -1.05. The molecule has 0 radical (unpaired) electrons. The molecule has 6 heteroatoms. The Balaban J connectivity index is 2.08. The molecule has 21 heavy (non-hydrogen) atoms. The van der Waals surface area contributed by atoms with Crippen molar-refractivity contribution in [3.05, 3.63) is 71.1 Å². The normalized spacial score (nSPS) is 18.0. The van der Waals surface area contributed by atoms with Gasteiger partial charge in [-0.25, -0.2) is 4.39 Å². The Morgan fingerprint density at radius 1 is 1.24 bits per heavy atom. The van der Waals surface area contributed by atoms with Gasteiger partial charge in [0, 0.05) is 5.56 Å². The highest BCUT2D eigenvalue weighted by Gasteiger charge is 2.39. The van der Waals surface area contributed by atoms with Crippen molar-refractivity contribution in [2.24, 2.45) is 0 Å². The predicted octanol–water partition coefficient (Wildman–Crippen LogP) is 2.28. The van der Waals surface area contributed by atoms with E-state index in [2.05, 4.69) is 5.32 Å². The number of rotatable bonds is 3. The molecule has 0 unspecified atom stereocenters. The van der Waals surface area contributed by atoms with Gasteiger partial charge in [-0.1, -0.05) is 18.2 Å². The van der Waals surface area contributed by atoms with E-state index in [1.807, 2.05) is 0 Å². The summed E-state index contributed by atoms with van der Waals surface area (Å²) in [6.07, 6.45) is 1.30. The van der Waals surface area contributed by atoms with E-state index in [1.54, 1.807) is 6.07 Å². The van der Waals surface area contributed by atoms with Crippen molar-refractivity contribution in [1.82, 2.24) is 5.32 Å². The molecule has 5 nitrogen and oxygen atoms in total. The average molecular weight is 287 g/mol. The first-order chi connectivity index (χ1) is 10.1. The van der Waals surface area contributed by atoms with Crippen molar-refractivity contribution in [3.8, 4) is 0 Å². The maximum Gasteiger partial charge on any atom is 0.287 e. The Bertz CT molecular complexity index is 749. The number of hydrogen-bond donors (Lipinski definition) is 2. The van der Waals surface area contributed by atoms with Crippen LogP contribution in [-0.4, -0.2) is 16.8 Å². The minimum absolute atomic E-state index is 0.0330. The Labute approximate surface area is 118 Å². The number of carbonyl (C=O) groups excluding carboxylic acids is 2. The van der Waals surface area contributed by atoms with E-state index >= 15 is 0 Å². The number of hydrogen-bond acceptors (Lipinski definition) is 4. The first kappa shape index (κ1) is 13.1. The lowest BCUT2D eigenvalue weighted by Gasteiger charge is -2.14. The Morgan fingerprint density at radius 2 is 2.00 bits per heavy atom. The molecule has 1 aromatic carbocycles. The van der Waals surface area contributed by atoms with Crippen LogP contribution in [0.1, 0.15) is 22.2 Å². The maximum absolute atomic E-state index is 13.9. The number of carbonyl (C=O) groups is 2. The third-order valence-electron chi connectivity index (χ3n) is 3.24. The van der Waals surface area contributed by atoms with E-state index in [4.69, 9.17) is 4.42 Å². The Kier molecular flexibility index (Phi) is 3.06. The highest BCUT2D eigenvalue weighted by Crippen LogP contribution is 2.33. The number of nitrogens with one attached hydrogen (secondary N) is 1. The molecule has 2 aromatic rings. The zero-order chi connectivity index (χ0) is 15.0. The number of aliphatic hydroxyl groups is 1. The van der Waals surface area contributed by atoms with Gasteiger partial charge in [0.2, 0.25) is 5.78 Å². The van der Waals surface area contributed by atoms with Crippen LogP contribution in [0.15, 0.2) is 58.4 Å². The molecule has 1 aromatic heterocycles. The molecule has 2 heterocycles. The van der Waals surface area contributed by atoms with Crippen LogP contribution in [0.5, 0.6) is 0 Å². The molecule has 0 spiro atoms.